The van der Waals surface area contributed by atoms with Gasteiger partial charge in [-0.2, -0.15) is 0 Å². The van der Waals surface area contributed by atoms with Crippen LogP contribution in [0.1, 0.15) is 12.5 Å². The van der Waals surface area contributed by atoms with E-state index in [4.69, 9.17) is 4.74 Å². The van der Waals surface area contributed by atoms with E-state index in [0.29, 0.717) is 11.8 Å². The Balaban J connectivity index is 2.07. The molecule has 17 heavy (non-hydrogen) atoms. The number of para-hydroxylation sites is 1. The molecular formula is C13H20N2O2. The van der Waals surface area contributed by atoms with Crippen molar-refractivity contribution < 1.29 is 9.84 Å². The lowest BCUT2D eigenvalue weighted by Gasteiger charge is -2.32. The molecule has 0 spiro atoms. The summed E-state index contributed by atoms with van der Waals surface area (Å²) in [6, 6.07) is 6.15. The second-order valence-corrected chi connectivity index (χ2v) is 4.56. The third-order valence-corrected chi connectivity index (χ3v) is 3.15. The third-order valence-electron chi connectivity index (χ3n) is 3.15. The van der Waals surface area contributed by atoms with Gasteiger partial charge in [0.1, 0.15) is 0 Å². The average Bonchev–Trinajstić information content (AvgIpc) is 2.32. The van der Waals surface area contributed by atoms with Gasteiger partial charge in [-0.25, -0.2) is 0 Å². The van der Waals surface area contributed by atoms with Gasteiger partial charge in [0.25, 0.3) is 0 Å². The van der Waals surface area contributed by atoms with Crippen molar-refractivity contribution in [2.75, 3.05) is 26.7 Å². The first-order valence-corrected chi connectivity index (χ1v) is 6.01. The number of hydrogen-bond acceptors (Lipinski definition) is 4. The molecule has 0 saturated carbocycles. The molecule has 1 atom stereocenters. The highest BCUT2D eigenvalue weighted by Crippen LogP contribution is 2.30. The zero-order valence-corrected chi connectivity index (χ0v) is 10.4. The van der Waals surface area contributed by atoms with Crippen molar-refractivity contribution in [3.05, 3.63) is 23.8 Å². The number of rotatable bonds is 3. The van der Waals surface area contributed by atoms with E-state index < -0.39 is 0 Å². The number of piperazine rings is 1. The maximum Gasteiger partial charge on any atom is 0.162 e. The molecule has 0 bridgehead atoms. The van der Waals surface area contributed by atoms with Gasteiger partial charge in [0.05, 0.1) is 7.11 Å². The van der Waals surface area contributed by atoms with Gasteiger partial charge < -0.3 is 15.2 Å². The largest absolute Gasteiger partial charge is 0.504 e. The Morgan fingerprint density at radius 2 is 2.35 bits per heavy atom. The number of nitrogens with zero attached hydrogens (tertiary/aromatic N) is 1. The smallest absolute Gasteiger partial charge is 0.162 e. The highest BCUT2D eigenvalue weighted by molar-refractivity contribution is 5.45. The lowest BCUT2D eigenvalue weighted by Crippen LogP contribution is -2.48. The molecule has 1 fully saturated rings. The molecule has 2 rings (SSSR count). The van der Waals surface area contributed by atoms with Gasteiger partial charge in [-0.1, -0.05) is 12.1 Å². The monoisotopic (exact) mass is 236 g/mol. The van der Waals surface area contributed by atoms with Gasteiger partial charge in [-0.05, 0) is 13.0 Å². The standard InChI is InChI=1S/C13H20N2O2/c1-10-8-15(7-6-14-10)9-11-4-3-5-12(17-2)13(11)16/h3-5,10,14,16H,6-9H2,1-2H3. The lowest BCUT2D eigenvalue weighted by atomic mass is 10.1. The minimum atomic E-state index is 0.265. The van der Waals surface area contributed by atoms with E-state index in [9.17, 15) is 5.11 Å². The summed E-state index contributed by atoms with van der Waals surface area (Å²) in [5.74, 6) is 0.812. The van der Waals surface area contributed by atoms with Gasteiger partial charge in [0, 0.05) is 37.8 Å². The molecule has 1 aliphatic rings. The lowest BCUT2D eigenvalue weighted by molar-refractivity contribution is 0.197. The highest BCUT2D eigenvalue weighted by Gasteiger charge is 2.17. The molecule has 4 heteroatoms. The Hall–Kier alpha value is -1.26. The van der Waals surface area contributed by atoms with Gasteiger partial charge >= 0.3 is 0 Å². The normalized spacial score (nSPS) is 21.4. The van der Waals surface area contributed by atoms with E-state index in [-0.39, 0.29) is 5.75 Å². The Labute approximate surface area is 102 Å². The van der Waals surface area contributed by atoms with E-state index in [1.54, 1.807) is 13.2 Å². The second-order valence-electron chi connectivity index (χ2n) is 4.56. The maximum absolute atomic E-state index is 10.0. The number of phenolic OH excluding ortho intramolecular Hbond substituents is 1. The Morgan fingerprint density at radius 1 is 1.53 bits per heavy atom. The van der Waals surface area contributed by atoms with E-state index in [1.807, 2.05) is 12.1 Å². The number of nitrogens with one attached hydrogen (secondary N) is 1. The fourth-order valence-electron chi connectivity index (χ4n) is 2.26. The topological polar surface area (TPSA) is 44.7 Å². The zero-order chi connectivity index (χ0) is 12.3. The number of aromatic hydroxyl groups is 1. The van der Waals surface area contributed by atoms with Crippen LogP contribution in [0, 0.1) is 0 Å². The summed E-state index contributed by atoms with van der Waals surface area (Å²) < 4.78 is 5.12. The Bertz CT molecular complexity index is 382. The van der Waals surface area contributed by atoms with Crippen LogP contribution in [0.4, 0.5) is 0 Å². The van der Waals surface area contributed by atoms with Crippen molar-refractivity contribution in [3.8, 4) is 11.5 Å². The SMILES string of the molecule is COc1cccc(CN2CCNC(C)C2)c1O. The highest BCUT2D eigenvalue weighted by atomic mass is 16.5. The summed E-state index contributed by atoms with van der Waals surface area (Å²) in [5.41, 5.74) is 0.929. The van der Waals surface area contributed by atoms with Crippen molar-refractivity contribution >= 4 is 0 Å². The number of benzene rings is 1. The molecule has 4 nitrogen and oxygen atoms in total. The molecular weight excluding hydrogens is 216 g/mol. The first-order valence-electron chi connectivity index (χ1n) is 6.01. The first kappa shape index (κ1) is 12.2. The van der Waals surface area contributed by atoms with Crippen LogP contribution in [0.3, 0.4) is 0 Å². The molecule has 2 N–H and O–H groups in total. The summed E-state index contributed by atoms with van der Waals surface area (Å²) in [7, 11) is 1.58. The van der Waals surface area contributed by atoms with Gasteiger partial charge in [0.2, 0.25) is 0 Å². The van der Waals surface area contributed by atoms with Crippen molar-refractivity contribution in [1.82, 2.24) is 10.2 Å². The summed E-state index contributed by atoms with van der Waals surface area (Å²) in [6.07, 6.45) is 0. The molecule has 0 radical (unpaired) electrons. The summed E-state index contributed by atoms with van der Waals surface area (Å²) in [6.45, 7) is 5.98. The minimum absolute atomic E-state index is 0.265. The van der Waals surface area contributed by atoms with Crippen molar-refractivity contribution in [1.29, 1.82) is 0 Å². The quantitative estimate of drug-likeness (QED) is 0.827. The van der Waals surface area contributed by atoms with Gasteiger partial charge in [-0.15, -0.1) is 0 Å². The second kappa shape index (κ2) is 5.38. The molecule has 1 saturated heterocycles. The van der Waals surface area contributed by atoms with E-state index >= 15 is 0 Å². The summed E-state index contributed by atoms with van der Waals surface area (Å²) in [4.78, 5) is 2.34. The van der Waals surface area contributed by atoms with Crippen LogP contribution in [0.15, 0.2) is 18.2 Å². The maximum atomic E-state index is 10.0. The summed E-state index contributed by atoms with van der Waals surface area (Å²) >= 11 is 0. The number of ether oxygens (including phenoxy) is 1. The minimum Gasteiger partial charge on any atom is -0.504 e. The molecule has 1 aliphatic heterocycles. The van der Waals surface area contributed by atoms with Gasteiger partial charge in [-0.3, -0.25) is 4.90 Å². The van der Waals surface area contributed by atoms with Crippen molar-refractivity contribution in [3.63, 3.8) is 0 Å². The molecule has 1 unspecified atom stereocenters. The summed E-state index contributed by atoms with van der Waals surface area (Å²) in [5, 5.41) is 13.4. The van der Waals surface area contributed by atoms with Crippen molar-refractivity contribution in [2.45, 2.75) is 19.5 Å². The molecule has 1 heterocycles. The Morgan fingerprint density at radius 3 is 3.06 bits per heavy atom. The average molecular weight is 236 g/mol. The molecule has 0 aliphatic carbocycles. The predicted octanol–water partition coefficient (Wildman–Crippen LogP) is 1.19. The number of methoxy groups -OCH3 is 1. The van der Waals surface area contributed by atoms with E-state index in [0.717, 1.165) is 31.7 Å². The number of phenols is 1. The molecule has 1 aromatic rings. The van der Waals surface area contributed by atoms with Crippen LogP contribution in [-0.2, 0) is 6.54 Å². The molecule has 0 aromatic heterocycles. The van der Waals surface area contributed by atoms with E-state index in [1.165, 1.54) is 0 Å². The van der Waals surface area contributed by atoms with Crippen LogP contribution >= 0.6 is 0 Å². The number of hydrogen-bond donors (Lipinski definition) is 2. The van der Waals surface area contributed by atoms with Gasteiger partial charge in [0.15, 0.2) is 11.5 Å². The van der Waals surface area contributed by atoms with Crippen LogP contribution in [0.2, 0.25) is 0 Å². The molecule has 94 valence electrons. The fraction of sp³-hybridized carbons (Fsp3) is 0.538. The fourth-order valence-corrected chi connectivity index (χ4v) is 2.26. The molecule has 0 amide bonds. The Kier molecular flexibility index (Phi) is 3.86. The van der Waals surface area contributed by atoms with E-state index in [2.05, 4.69) is 17.1 Å². The van der Waals surface area contributed by atoms with Crippen LogP contribution in [-0.4, -0.2) is 42.8 Å². The first-order chi connectivity index (χ1) is 8.20. The third kappa shape index (κ3) is 2.90. The zero-order valence-electron chi connectivity index (χ0n) is 10.4. The predicted molar refractivity (Wildman–Crippen MR) is 67.4 cm³/mol. The van der Waals surface area contributed by atoms with Crippen LogP contribution in [0.5, 0.6) is 11.5 Å². The molecule has 1 aromatic carbocycles. The van der Waals surface area contributed by atoms with Crippen LogP contribution < -0.4 is 10.1 Å². The van der Waals surface area contributed by atoms with Crippen molar-refractivity contribution in [2.24, 2.45) is 0 Å². The van der Waals surface area contributed by atoms with Crippen LogP contribution in [0.25, 0.3) is 0 Å².